The van der Waals surface area contributed by atoms with Crippen LogP contribution in [-0.4, -0.2) is 19.7 Å². The number of nitrogens with zero attached hydrogens (tertiary/aromatic N) is 3. The van der Waals surface area contributed by atoms with E-state index in [-0.39, 0.29) is 5.56 Å². The molecule has 0 saturated heterocycles. The summed E-state index contributed by atoms with van der Waals surface area (Å²) < 4.78 is 1.61. The number of hydrogen-bond donors (Lipinski definition) is 1. The Labute approximate surface area is 164 Å². The van der Waals surface area contributed by atoms with E-state index in [0.717, 1.165) is 11.4 Å². The Kier molecular flexibility index (Phi) is 4.56. The second-order valence-electron chi connectivity index (χ2n) is 5.98. The molecule has 27 heavy (non-hydrogen) atoms. The molecule has 5 nitrogen and oxygen atoms in total. The van der Waals surface area contributed by atoms with Crippen molar-refractivity contribution in [1.29, 1.82) is 0 Å². The molecule has 0 unspecified atom stereocenters. The van der Waals surface area contributed by atoms with Crippen LogP contribution in [0, 0.1) is 6.92 Å². The number of para-hydroxylation sites is 2. The molecule has 0 aliphatic rings. The molecule has 4 rings (SSSR count). The van der Waals surface area contributed by atoms with Crippen molar-refractivity contribution >= 4 is 46.4 Å². The molecule has 4 aromatic rings. The van der Waals surface area contributed by atoms with Crippen molar-refractivity contribution in [3.63, 3.8) is 0 Å². The van der Waals surface area contributed by atoms with E-state index in [0.29, 0.717) is 32.5 Å². The molecule has 134 valence electrons. The predicted octanol–water partition coefficient (Wildman–Crippen LogP) is 4.89. The fraction of sp³-hybridized carbons (Fsp3) is 0.0500. The molecule has 2 aromatic heterocycles. The highest BCUT2D eigenvalue weighted by atomic mass is 35.5. The van der Waals surface area contributed by atoms with Gasteiger partial charge in [0.05, 0.1) is 22.4 Å². The van der Waals surface area contributed by atoms with Crippen LogP contribution in [0.3, 0.4) is 0 Å². The Morgan fingerprint density at radius 1 is 1.07 bits per heavy atom. The van der Waals surface area contributed by atoms with Crippen molar-refractivity contribution in [2.75, 3.05) is 0 Å². The number of hydrogen-bond acceptors (Lipinski definition) is 3. The summed E-state index contributed by atoms with van der Waals surface area (Å²) in [6, 6.07) is 14.6. The zero-order chi connectivity index (χ0) is 19.0. The van der Waals surface area contributed by atoms with Crippen LogP contribution in [0.5, 0.6) is 0 Å². The molecule has 0 radical (unpaired) electrons. The molecule has 0 aliphatic carbocycles. The fourth-order valence-electron chi connectivity index (χ4n) is 2.80. The number of halogens is 2. The molecule has 0 aliphatic heterocycles. The maximum atomic E-state index is 12.3. The van der Waals surface area contributed by atoms with Gasteiger partial charge in [0.1, 0.15) is 10.8 Å². The predicted molar refractivity (Wildman–Crippen MR) is 110 cm³/mol. The molecule has 0 atom stereocenters. The second-order valence-corrected chi connectivity index (χ2v) is 6.78. The average Bonchev–Trinajstić information content (AvgIpc) is 2.94. The summed E-state index contributed by atoms with van der Waals surface area (Å²) in [4.78, 5) is 19.5. The highest BCUT2D eigenvalue weighted by Crippen LogP contribution is 2.26. The van der Waals surface area contributed by atoms with Crippen molar-refractivity contribution in [2.24, 2.45) is 0 Å². The van der Waals surface area contributed by atoms with Gasteiger partial charge in [-0.1, -0.05) is 41.4 Å². The molecule has 0 spiro atoms. The van der Waals surface area contributed by atoms with Crippen LogP contribution in [0.1, 0.15) is 17.0 Å². The summed E-state index contributed by atoms with van der Waals surface area (Å²) in [7, 11) is 0. The van der Waals surface area contributed by atoms with E-state index < -0.39 is 0 Å². The summed E-state index contributed by atoms with van der Waals surface area (Å²) in [6.07, 6.45) is 3.39. The minimum atomic E-state index is -0.263. The highest BCUT2D eigenvalue weighted by Gasteiger charge is 2.13. The van der Waals surface area contributed by atoms with Crippen LogP contribution < -0.4 is 5.56 Å². The first-order valence-electron chi connectivity index (χ1n) is 8.21. The number of H-pyrrole nitrogens is 1. The Bertz CT molecular complexity index is 1240. The summed E-state index contributed by atoms with van der Waals surface area (Å²) in [5.41, 5.74) is 3.66. The molecule has 0 saturated carbocycles. The van der Waals surface area contributed by atoms with E-state index in [1.807, 2.05) is 43.3 Å². The number of rotatable bonds is 3. The third-order valence-electron chi connectivity index (χ3n) is 4.13. The van der Waals surface area contributed by atoms with Crippen LogP contribution >= 0.6 is 23.2 Å². The first kappa shape index (κ1) is 17.5. The third-order valence-corrected chi connectivity index (χ3v) is 4.73. The minimum Gasteiger partial charge on any atom is -0.319 e. The molecule has 0 amide bonds. The normalized spacial score (nSPS) is 11.5. The number of aromatic amines is 1. The molecular formula is C20H14Cl2N4O. The zero-order valence-electron chi connectivity index (χ0n) is 14.3. The number of benzene rings is 2. The second kappa shape index (κ2) is 7.02. The quantitative estimate of drug-likeness (QED) is 0.535. The molecule has 1 N–H and O–H groups in total. The topological polar surface area (TPSA) is 63.6 Å². The highest BCUT2D eigenvalue weighted by molar-refractivity contribution is 6.32. The van der Waals surface area contributed by atoms with Gasteiger partial charge in [0.2, 0.25) is 0 Å². The van der Waals surface area contributed by atoms with E-state index in [1.165, 1.54) is 0 Å². The van der Waals surface area contributed by atoms with Crippen molar-refractivity contribution in [2.45, 2.75) is 6.92 Å². The minimum absolute atomic E-state index is 0.263. The Balaban J connectivity index is 1.75. The largest absolute Gasteiger partial charge is 0.319 e. The van der Waals surface area contributed by atoms with Gasteiger partial charge in [-0.2, -0.15) is 5.10 Å². The van der Waals surface area contributed by atoms with Crippen LogP contribution in [0.2, 0.25) is 10.2 Å². The molecule has 2 aromatic carbocycles. The van der Waals surface area contributed by atoms with E-state index in [2.05, 4.69) is 15.1 Å². The average molecular weight is 397 g/mol. The first-order valence-corrected chi connectivity index (χ1v) is 8.97. The SMILES string of the molecule is Cc1nn(-c2cccc(Cl)c2)c(Cl)c1/C=C/c1nc2ccccc2[nH]c1=O. The lowest BCUT2D eigenvalue weighted by atomic mass is 10.2. The standard InChI is InChI=1S/C20H14Cl2N4O/c1-12-15(19(22)26(25-12)14-6-4-5-13(21)11-14)9-10-18-20(27)24-17-8-3-2-7-16(17)23-18/h2-11H,1H3,(H,24,27)/b10-9+. The van der Waals surface area contributed by atoms with Gasteiger partial charge in [-0.25, -0.2) is 9.67 Å². The van der Waals surface area contributed by atoms with Gasteiger partial charge in [-0.15, -0.1) is 0 Å². The Morgan fingerprint density at radius 3 is 2.70 bits per heavy atom. The van der Waals surface area contributed by atoms with E-state index in [1.54, 1.807) is 29.0 Å². The molecule has 2 heterocycles. The summed E-state index contributed by atoms with van der Waals surface area (Å²) in [6.45, 7) is 1.85. The fourth-order valence-corrected chi connectivity index (χ4v) is 3.32. The van der Waals surface area contributed by atoms with Crippen molar-refractivity contribution < 1.29 is 0 Å². The molecule has 0 fully saturated rings. The smallest absolute Gasteiger partial charge is 0.274 e. The van der Waals surface area contributed by atoms with Gasteiger partial charge in [-0.3, -0.25) is 4.79 Å². The Hall–Kier alpha value is -2.89. The van der Waals surface area contributed by atoms with Gasteiger partial charge in [0, 0.05) is 10.6 Å². The van der Waals surface area contributed by atoms with Crippen LogP contribution in [0.25, 0.3) is 28.9 Å². The maximum absolute atomic E-state index is 12.3. The zero-order valence-corrected chi connectivity index (χ0v) is 15.8. The van der Waals surface area contributed by atoms with Gasteiger partial charge in [-0.05, 0) is 49.4 Å². The van der Waals surface area contributed by atoms with Crippen molar-refractivity contribution in [3.8, 4) is 5.69 Å². The summed E-state index contributed by atoms with van der Waals surface area (Å²) in [5, 5.41) is 5.51. The van der Waals surface area contributed by atoms with E-state index in [9.17, 15) is 4.79 Å². The van der Waals surface area contributed by atoms with E-state index >= 15 is 0 Å². The number of aryl methyl sites for hydroxylation is 1. The number of aromatic nitrogens is 4. The molecular weight excluding hydrogens is 383 g/mol. The number of nitrogens with one attached hydrogen (secondary N) is 1. The number of fused-ring (bicyclic) bond motifs is 1. The lowest BCUT2D eigenvalue weighted by Gasteiger charge is -2.03. The van der Waals surface area contributed by atoms with Crippen LogP contribution in [-0.2, 0) is 0 Å². The van der Waals surface area contributed by atoms with Crippen molar-refractivity contribution in [3.05, 3.63) is 86.0 Å². The van der Waals surface area contributed by atoms with Crippen LogP contribution in [0.15, 0.2) is 53.3 Å². The van der Waals surface area contributed by atoms with E-state index in [4.69, 9.17) is 23.2 Å². The van der Waals surface area contributed by atoms with Crippen LogP contribution in [0.4, 0.5) is 0 Å². The lowest BCUT2D eigenvalue weighted by Crippen LogP contribution is -2.11. The first-order chi connectivity index (χ1) is 13.0. The maximum Gasteiger partial charge on any atom is 0.274 e. The van der Waals surface area contributed by atoms with Gasteiger partial charge >= 0.3 is 0 Å². The van der Waals surface area contributed by atoms with Gasteiger partial charge in [0.25, 0.3) is 5.56 Å². The lowest BCUT2D eigenvalue weighted by molar-refractivity contribution is 0.863. The van der Waals surface area contributed by atoms with Gasteiger partial charge in [0.15, 0.2) is 0 Å². The molecule has 0 bridgehead atoms. The molecule has 7 heteroatoms. The summed E-state index contributed by atoms with van der Waals surface area (Å²) in [5.74, 6) is 0. The Morgan fingerprint density at radius 2 is 1.89 bits per heavy atom. The third kappa shape index (κ3) is 3.39. The van der Waals surface area contributed by atoms with Crippen molar-refractivity contribution in [1.82, 2.24) is 19.7 Å². The monoisotopic (exact) mass is 396 g/mol. The summed E-state index contributed by atoms with van der Waals surface area (Å²) >= 11 is 12.6. The van der Waals surface area contributed by atoms with Gasteiger partial charge < -0.3 is 4.98 Å².